The molecule has 0 saturated carbocycles. The number of para-hydroxylation sites is 3. The van der Waals surface area contributed by atoms with E-state index in [0.717, 1.165) is 66.0 Å². The number of pyridine rings is 4. The van der Waals surface area contributed by atoms with E-state index >= 15 is 0 Å². The van der Waals surface area contributed by atoms with Crippen molar-refractivity contribution >= 4 is 66.5 Å². The van der Waals surface area contributed by atoms with Gasteiger partial charge in [0.2, 0.25) is 0 Å². The van der Waals surface area contributed by atoms with E-state index in [1.165, 1.54) is 12.7 Å². The van der Waals surface area contributed by atoms with Gasteiger partial charge >= 0.3 is 0 Å². The van der Waals surface area contributed by atoms with E-state index in [4.69, 9.17) is 16.6 Å². The van der Waals surface area contributed by atoms with Crippen molar-refractivity contribution in [2.75, 3.05) is 5.32 Å². The van der Waals surface area contributed by atoms with Gasteiger partial charge in [0, 0.05) is 73.9 Å². The van der Waals surface area contributed by atoms with Crippen LogP contribution in [0.15, 0.2) is 116 Å². The van der Waals surface area contributed by atoms with Crippen molar-refractivity contribution in [2.24, 2.45) is 0 Å². The third-order valence-electron chi connectivity index (χ3n) is 7.58. The van der Waals surface area contributed by atoms with Crippen molar-refractivity contribution in [3.8, 4) is 22.8 Å². The van der Waals surface area contributed by atoms with Gasteiger partial charge in [-0.25, -0.2) is 19.9 Å². The van der Waals surface area contributed by atoms with Crippen molar-refractivity contribution in [3.05, 3.63) is 121 Å². The highest BCUT2D eigenvalue weighted by atomic mass is 35.5. The first-order chi connectivity index (χ1) is 22.7. The number of benzene rings is 3. The Labute approximate surface area is 265 Å². The lowest BCUT2D eigenvalue weighted by Crippen LogP contribution is -1.97. The quantitative estimate of drug-likeness (QED) is 0.134. The van der Waals surface area contributed by atoms with Crippen LogP contribution in [0.4, 0.5) is 11.5 Å². The topological polar surface area (TPSA) is 147 Å². The molecule has 46 heavy (non-hydrogen) atoms. The van der Waals surface area contributed by atoms with Gasteiger partial charge in [0.25, 0.3) is 0 Å². The predicted molar refractivity (Wildman–Crippen MR) is 180 cm³/mol. The number of nitrogens with one attached hydrogen (secondary N) is 3. The summed E-state index contributed by atoms with van der Waals surface area (Å²) >= 11 is 6.28. The molecule has 3 aromatic carbocycles. The molecule has 0 aliphatic heterocycles. The Morgan fingerprint density at radius 3 is 1.74 bits per heavy atom. The van der Waals surface area contributed by atoms with Gasteiger partial charge in [-0.3, -0.25) is 20.2 Å². The molecular weight excluding hydrogens is 598 g/mol. The highest BCUT2D eigenvalue weighted by Gasteiger charge is 2.15. The van der Waals surface area contributed by atoms with Gasteiger partial charge in [0.05, 0.1) is 11.0 Å². The summed E-state index contributed by atoms with van der Waals surface area (Å²) in [6, 6.07) is 25.8. The van der Waals surface area contributed by atoms with E-state index in [2.05, 4.69) is 56.7 Å². The number of hydrogen-bond donors (Lipinski definition) is 3. The maximum Gasteiger partial charge on any atom is 0.157 e. The van der Waals surface area contributed by atoms with Crippen LogP contribution in [0.25, 0.3) is 66.1 Å². The molecule has 0 bridgehead atoms. The lowest BCUT2D eigenvalue weighted by atomic mass is 10.0. The number of anilines is 2. The second kappa shape index (κ2) is 11.6. The van der Waals surface area contributed by atoms with E-state index in [1.807, 2.05) is 79.0 Å². The Hall–Kier alpha value is -6.33. The Bertz CT molecular complexity index is 2460. The number of aromatic nitrogens is 10. The van der Waals surface area contributed by atoms with Crippen molar-refractivity contribution in [1.29, 1.82) is 0 Å². The molecule has 0 atom stereocenters. The third-order valence-corrected chi connectivity index (χ3v) is 7.87. The largest absolute Gasteiger partial charge is 0.340 e. The summed E-state index contributed by atoms with van der Waals surface area (Å²) in [7, 11) is 0. The minimum Gasteiger partial charge on any atom is -0.340 e. The fourth-order valence-corrected chi connectivity index (χ4v) is 5.75. The van der Waals surface area contributed by atoms with Crippen LogP contribution in [0.2, 0.25) is 5.15 Å². The smallest absolute Gasteiger partial charge is 0.157 e. The maximum absolute atomic E-state index is 6.28. The van der Waals surface area contributed by atoms with Crippen LogP contribution in [-0.2, 0) is 0 Å². The molecule has 0 radical (unpaired) electrons. The third kappa shape index (κ3) is 4.90. The van der Waals surface area contributed by atoms with Gasteiger partial charge in [0.15, 0.2) is 11.6 Å². The monoisotopic (exact) mass is 619 g/mol. The van der Waals surface area contributed by atoms with Gasteiger partial charge in [-0.1, -0.05) is 54.1 Å². The highest BCUT2D eigenvalue weighted by Crippen LogP contribution is 2.35. The molecule has 3 N–H and O–H groups in total. The molecule has 0 aliphatic carbocycles. The molecule has 0 amide bonds. The zero-order chi connectivity index (χ0) is 30.9. The van der Waals surface area contributed by atoms with E-state index in [1.54, 1.807) is 18.6 Å². The average Bonchev–Trinajstić information content (AvgIpc) is 3.85. The predicted octanol–water partition coefficient (Wildman–Crippen LogP) is 7.53. The molecule has 6 heterocycles. The Morgan fingerprint density at radius 1 is 0.543 bits per heavy atom. The fraction of sp³-hybridized carbons (Fsp3) is 0. The summed E-state index contributed by atoms with van der Waals surface area (Å²) < 4.78 is 0. The van der Waals surface area contributed by atoms with Crippen LogP contribution in [0.3, 0.4) is 0 Å². The molecule has 12 heteroatoms. The first-order valence-electron chi connectivity index (χ1n) is 14.3. The summed E-state index contributed by atoms with van der Waals surface area (Å²) in [5, 5.41) is 23.5. The van der Waals surface area contributed by atoms with Crippen LogP contribution in [-0.4, -0.2) is 50.3 Å². The summed E-state index contributed by atoms with van der Waals surface area (Å²) in [4.78, 5) is 26.4. The summed E-state index contributed by atoms with van der Waals surface area (Å²) in [6.07, 6.45) is 10.1. The molecule has 220 valence electrons. The van der Waals surface area contributed by atoms with Gasteiger partial charge in [-0.05, 0) is 36.4 Å². The van der Waals surface area contributed by atoms with Crippen molar-refractivity contribution in [2.45, 2.75) is 0 Å². The lowest BCUT2D eigenvalue weighted by molar-refractivity contribution is 1.10. The van der Waals surface area contributed by atoms with Crippen molar-refractivity contribution in [1.82, 2.24) is 50.3 Å². The number of hydrogen-bond acceptors (Lipinski definition) is 9. The van der Waals surface area contributed by atoms with E-state index in [0.29, 0.717) is 16.8 Å². The van der Waals surface area contributed by atoms with Gasteiger partial charge < -0.3 is 5.32 Å². The fourth-order valence-electron chi connectivity index (χ4n) is 5.50. The first kappa shape index (κ1) is 27.2. The second-order valence-electron chi connectivity index (χ2n) is 10.3. The van der Waals surface area contributed by atoms with Crippen LogP contribution < -0.4 is 5.32 Å². The van der Waals surface area contributed by atoms with Crippen LogP contribution in [0, 0.1) is 0 Å². The van der Waals surface area contributed by atoms with Crippen molar-refractivity contribution in [3.63, 3.8) is 0 Å². The molecular formula is C34H22ClN11. The Morgan fingerprint density at radius 2 is 1.13 bits per heavy atom. The van der Waals surface area contributed by atoms with E-state index < -0.39 is 0 Å². The molecule has 11 nitrogen and oxygen atoms in total. The molecule has 0 spiro atoms. The molecule has 9 aromatic rings. The molecule has 6 aromatic heterocycles. The van der Waals surface area contributed by atoms with Crippen LogP contribution in [0.5, 0.6) is 0 Å². The lowest BCUT2D eigenvalue weighted by Gasteiger charge is -2.13. The summed E-state index contributed by atoms with van der Waals surface area (Å²) in [5.41, 5.74) is 4.39. The minimum atomic E-state index is 0.460. The number of halogens is 1. The Kier molecular flexibility index (Phi) is 6.89. The van der Waals surface area contributed by atoms with Gasteiger partial charge in [-0.15, -0.1) is 0 Å². The highest BCUT2D eigenvalue weighted by molar-refractivity contribution is 6.36. The zero-order valence-electron chi connectivity index (χ0n) is 23.9. The van der Waals surface area contributed by atoms with Crippen molar-refractivity contribution < 1.29 is 0 Å². The molecule has 0 fully saturated rings. The van der Waals surface area contributed by atoms with E-state index in [9.17, 15) is 0 Å². The number of nitrogens with zero attached hydrogens (tertiary/aromatic N) is 8. The molecule has 0 unspecified atom stereocenters. The van der Waals surface area contributed by atoms with Gasteiger partial charge in [0.1, 0.15) is 23.6 Å². The standard InChI is InChI=1S/C20H14N6.C14H8ClN5/c1-2-5-13(6-3-1)24-20-15-9-10-21-11-17(15)14-7-4-8-16(18(14)25-20)19-22-12-23-26-19;15-13-9-4-5-16-6-11(9)8-2-1-3-10(12(8)19-13)14-17-7-18-20-14/h1-12H,(H,24,25)(H,22,23,26);1-7H,(H,17,18,20). The van der Waals surface area contributed by atoms with Gasteiger partial charge in [-0.2, -0.15) is 10.2 Å². The number of rotatable bonds is 4. The molecule has 0 saturated heterocycles. The number of fused-ring (bicyclic) bond motifs is 6. The number of aromatic amines is 2. The normalized spacial score (nSPS) is 11.2. The minimum absolute atomic E-state index is 0.460. The molecule has 9 rings (SSSR count). The maximum atomic E-state index is 6.28. The van der Waals surface area contributed by atoms with E-state index in [-0.39, 0.29) is 0 Å². The SMILES string of the molecule is Clc1nc2c(-c3ncn[nH]3)cccc2c2cnccc12.c1ccc(Nc2nc3c(-c4ncn[nH]4)cccc3c3cnccc23)cc1. The summed E-state index contributed by atoms with van der Waals surface area (Å²) in [6.45, 7) is 0. The van der Waals surface area contributed by atoms with Crippen LogP contribution in [0.1, 0.15) is 0 Å². The zero-order valence-corrected chi connectivity index (χ0v) is 24.7. The summed E-state index contributed by atoms with van der Waals surface area (Å²) in [5.74, 6) is 2.15. The first-order valence-corrected chi connectivity index (χ1v) is 14.6. The number of H-pyrrole nitrogens is 2. The Balaban J connectivity index is 0.000000140. The average molecular weight is 620 g/mol. The second-order valence-corrected chi connectivity index (χ2v) is 10.6. The molecule has 0 aliphatic rings. The van der Waals surface area contributed by atoms with Crippen LogP contribution >= 0.6 is 11.6 Å².